The molecular formula is C18H29N5O. The lowest BCUT2D eigenvalue weighted by Gasteiger charge is -2.36. The molecule has 0 aromatic carbocycles. The van der Waals surface area contributed by atoms with E-state index in [0.29, 0.717) is 18.0 Å². The number of hydrogen-bond acceptors (Lipinski definition) is 3. The summed E-state index contributed by atoms with van der Waals surface area (Å²) in [6.45, 7) is 5.94. The number of rotatable bonds is 3. The van der Waals surface area contributed by atoms with Crippen LogP contribution in [0.2, 0.25) is 0 Å². The van der Waals surface area contributed by atoms with Gasteiger partial charge in [0.1, 0.15) is 0 Å². The van der Waals surface area contributed by atoms with Gasteiger partial charge in [-0.15, -0.1) is 0 Å². The molecular weight excluding hydrogens is 302 g/mol. The van der Waals surface area contributed by atoms with E-state index in [9.17, 15) is 4.79 Å². The molecule has 6 nitrogen and oxygen atoms in total. The molecule has 2 N–H and O–H groups in total. The number of hydrogen-bond donors (Lipinski definition) is 2. The Hall–Kier alpha value is -1.56. The lowest BCUT2D eigenvalue weighted by Crippen LogP contribution is -2.53. The van der Waals surface area contributed by atoms with Gasteiger partial charge >= 0.3 is 6.03 Å². The summed E-state index contributed by atoms with van der Waals surface area (Å²) in [5.74, 6) is 0.595. The van der Waals surface area contributed by atoms with Crippen LogP contribution in [0.15, 0.2) is 6.33 Å². The Morgan fingerprint density at radius 2 is 2.08 bits per heavy atom. The van der Waals surface area contributed by atoms with Crippen LogP contribution < -0.4 is 5.32 Å². The number of urea groups is 1. The highest BCUT2D eigenvalue weighted by molar-refractivity contribution is 5.75. The fourth-order valence-electron chi connectivity index (χ4n) is 4.64. The Labute approximate surface area is 144 Å². The van der Waals surface area contributed by atoms with Crippen molar-refractivity contribution in [2.75, 3.05) is 19.6 Å². The zero-order chi connectivity index (χ0) is 16.5. The van der Waals surface area contributed by atoms with Crippen LogP contribution in [0.1, 0.15) is 49.9 Å². The fourth-order valence-corrected chi connectivity index (χ4v) is 4.64. The van der Waals surface area contributed by atoms with Gasteiger partial charge in [0.2, 0.25) is 0 Å². The van der Waals surface area contributed by atoms with Gasteiger partial charge in [-0.3, -0.25) is 4.90 Å². The van der Waals surface area contributed by atoms with Crippen molar-refractivity contribution in [3.05, 3.63) is 17.7 Å². The summed E-state index contributed by atoms with van der Waals surface area (Å²) in [5.41, 5.74) is 2.29. The molecule has 24 heavy (non-hydrogen) atoms. The molecule has 1 saturated carbocycles. The third kappa shape index (κ3) is 3.29. The zero-order valence-electron chi connectivity index (χ0n) is 14.6. The third-order valence-corrected chi connectivity index (χ3v) is 6.04. The van der Waals surface area contributed by atoms with Crippen LogP contribution in [-0.4, -0.2) is 57.5 Å². The molecule has 2 amide bonds. The Morgan fingerprint density at radius 3 is 2.83 bits per heavy atom. The first-order valence-corrected chi connectivity index (χ1v) is 9.47. The van der Waals surface area contributed by atoms with Crippen LogP contribution in [0.4, 0.5) is 4.79 Å². The zero-order valence-corrected chi connectivity index (χ0v) is 14.6. The number of nitrogens with one attached hydrogen (secondary N) is 2. The van der Waals surface area contributed by atoms with E-state index in [0.717, 1.165) is 56.8 Å². The van der Waals surface area contributed by atoms with Gasteiger partial charge in [-0.2, -0.15) is 0 Å². The summed E-state index contributed by atoms with van der Waals surface area (Å²) < 4.78 is 0. The van der Waals surface area contributed by atoms with Crippen molar-refractivity contribution < 1.29 is 4.79 Å². The van der Waals surface area contributed by atoms with Crippen LogP contribution in [0.25, 0.3) is 0 Å². The minimum atomic E-state index is 0.175. The van der Waals surface area contributed by atoms with Crippen LogP contribution in [0, 0.1) is 12.8 Å². The molecule has 6 heteroatoms. The van der Waals surface area contributed by atoms with Crippen molar-refractivity contribution in [2.24, 2.45) is 5.92 Å². The Morgan fingerprint density at radius 1 is 1.25 bits per heavy atom. The Bertz CT molecular complexity index is 580. The van der Waals surface area contributed by atoms with E-state index in [1.807, 2.05) is 0 Å². The third-order valence-electron chi connectivity index (χ3n) is 6.04. The van der Waals surface area contributed by atoms with E-state index in [-0.39, 0.29) is 6.03 Å². The molecule has 1 aliphatic carbocycles. The number of imidazole rings is 1. The molecule has 4 heterocycles. The molecule has 4 aliphatic rings. The molecule has 1 aromatic rings. The molecule has 0 radical (unpaired) electrons. The SMILES string of the molecule is Cc1[nH]cnc1CN1C[C@H]2CC[C@@H](C1)N(C(=O)NC1CCCC1)C2. The van der Waals surface area contributed by atoms with Gasteiger partial charge in [-0.1, -0.05) is 12.8 Å². The van der Waals surface area contributed by atoms with Crippen LogP contribution in [0.3, 0.4) is 0 Å². The topological polar surface area (TPSA) is 64.3 Å². The second kappa shape index (κ2) is 6.75. The van der Waals surface area contributed by atoms with Gasteiger partial charge in [-0.05, 0) is 38.5 Å². The fraction of sp³-hybridized carbons (Fsp3) is 0.778. The van der Waals surface area contributed by atoms with Gasteiger partial charge in [0.05, 0.1) is 12.0 Å². The van der Waals surface area contributed by atoms with E-state index in [4.69, 9.17) is 0 Å². The molecule has 1 aromatic heterocycles. The molecule has 3 aliphatic heterocycles. The smallest absolute Gasteiger partial charge is 0.317 e. The lowest BCUT2D eigenvalue weighted by atomic mass is 9.95. The first kappa shape index (κ1) is 15.9. The van der Waals surface area contributed by atoms with Crippen molar-refractivity contribution in [2.45, 2.75) is 64.1 Å². The summed E-state index contributed by atoms with van der Waals surface area (Å²) in [4.78, 5) is 25.0. The number of aryl methyl sites for hydroxylation is 1. The molecule has 4 fully saturated rings. The van der Waals surface area contributed by atoms with E-state index in [2.05, 4.69) is 32.0 Å². The first-order valence-electron chi connectivity index (χ1n) is 9.47. The van der Waals surface area contributed by atoms with Crippen molar-refractivity contribution in [3.8, 4) is 0 Å². The van der Waals surface area contributed by atoms with Crippen molar-refractivity contribution in [3.63, 3.8) is 0 Å². The van der Waals surface area contributed by atoms with E-state index < -0.39 is 0 Å². The molecule has 2 bridgehead atoms. The summed E-state index contributed by atoms with van der Waals surface area (Å²) >= 11 is 0. The molecule has 2 atom stereocenters. The summed E-state index contributed by atoms with van der Waals surface area (Å²) in [6, 6.07) is 0.931. The van der Waals surface area contributed by atoms with Gasteiger partial charge in [0.25, 0.3) is 0 Å². The molecule has 3 saturated heterocycles. The molecule has 0 unspecified atom stereocenters. The quantitative estimate of drug-likeness (QED) is 0.893. The number of H-pyrrole nitrogens is 1. The average molecular weight is 331 g/mol. The highest BCUT2D eigenvalue weighted by atomic mass is 16.2. The van der Waals surface area contributed by atoms with Gasteiger partial charge in [0, 0.05) is 44.0 Å². The number of aromatic nitrogens is 2. The maximum atomic E-state index is 12.8. The Balaban J connectivity index is 1.40. The second-order valence-electron chi connectivity index (χ2n) is 7.85. The highest BCUT2D eigenvalue weighted by Gasteiger charge is 2.38. The Kier molecular flexibility index (Phi) is 4.48. The summed E-state index contributed by atoms with van der Waals surface area (Å²) in [6.07, 6.45) is 8.98. The number of amides is 2. The maximum Gasteiger partial charge on any atom is 0.317 e. The number of piperidine rings is 1. The first-order chi connectivity index (χ1) is 11.7. The number of carbonyl (C=O) groups excluding carboxylic acids is 1. The number of aromatic amines is 1. The average Bonchev–Trinajstić information content (AvgIpc) is 3.12. The number of fused-ring (bicyclic) bond motifs is 4. The standard InChI is InChI=1S/C18H29N5O/c1-13-17(20-12-19-13)11-22-8-14-6-7-16(10-22)23(9-14)18(24)21-15-4-2-3-5-15/h12,14-16H,2-11H2,1H3,(H,19,20)(H,21,24)/t14-,16+/m1/s1. The summed E-state index contributed by atoms with van der Waals surface area (Å²) in [7, 11) is 0. The predicted molar refractivity (Wildman–Crippen MR) is 92.6 cm³/mol. The second-order valence-corrected chi connectivity index (χ2v) is 7.85. The number of nitrogens with zero attached hydrogens (tertiary/aromatic N) is 3. The van der Waals surface area contributed by atoms with Crippen LogP contribution >= 0.6 is 0 Å². The van der Waals surface area contributed by atoms with Gasteiger partial charge in [-0.25, -0.2) is 9.78 Å². The lowest BCUT2D eigenvalue weighted by molar-refractivity contribution is 0.137. The maximum absolute atomic E-state index is 12.8. The predicted octanol–water partition coefficient (Wildman–Crippen LogP) is 2.27. The normalized spacial score (nSPS) is 28.3. The van der Waals surface area contributed by atoms with Crippen molar-refractivity contribution in [1.82, 2.24) is 25.1 Å². The highest BCUT2D eigenvalue weighted by Crippen LogP contribution is 2.29. The summed E-state index contributed by atoms with van der Waals surface area (Å²) in [5, 5.41) is 3.28. The van der Waals surface area contributed by atoms with Crippen molar-refractivity contribution >= 4 is 6.03 Å². The van der Waals surface area contributed by atoms with Gasteiger partial charge in [0.15, 0.2) is 0 Å². The van der Waals surface area contributed by atoms with Gasteiger partial charge < -0.3 is 15.2 Å². The van der Waals surface area contributed by atoms with E-state index in [1.165, 1.54) is 19.3 Å². The van der Waals surface area contributed by atoms with E-state index in [1.54, 1.807) is 6.33 Å². The van der Waals surface area contributed by atoms with Crippen LogP contribution in [-0.2, 0) is 6.54 Å². The van der Waals surface area contributed by atoms with Crippen LogP contribution in [0.5, 0.6) is 0 Å². The molecule has 0 spiro atoms. The largest absolute Gasteiger partial charge is 0.348 e. The van der Waals surface area contributed by atoms with Crippen molar-refractivity contribution in [1.29, 1.82) is 0 Å². The van der Waals surface area contributed by atoms with E-state index >= 15 is 0 Å². The molecule has 5 rings (SSSR count). The minimum Gasteiger partial charge on any atom is -0.348 e. The monoisotopic (exact) mass is 331 g/mol. The minimum absolute atomic E-state index is 0.175. The number of carbonyl (C=O) groups is 1. The molecule has 132 valence electrons.